The fourth-order valence-electron chi connectivity index (χ4n) is 3.69. The highest BCUT2D eigenvalue weighted by molar-refractivity contribution is 5.98. The van der Waals surface area contributed by atoms with Crippen LogP contribution < -0.4 is 10.1 Å². The van der Waals surface area contributed by atoms with Gasteiger partial charge in [0.2, 0.25) is 0 Å². The van der Waals surface area contributed by atoms with E-state index in [1.54, 1.807) is 0 Å². The number of methoxy groups -OCH3 is 1. The lowest BCUT2D eigenvalue weighted by Gasteiger charge is -2.15. The fourth-order valence-corrected chi connectivity index (χ4v) is 3.69. The maximum Gasteiger partial charge on any atom is 0.416 e. The number of alkyl halides is 3. The van der Waals surface area contributed by atoms with Gasteiger partial charge in [-0.2, -0.15) is 13.2 Å². The van der Waals surface area contributed by atoms with Crippen LogP contribution in [0.3, 0.4) is 0 Å². The van der Waals surface area contributed by atoms with E-state index in [0.717, 1.165) is 37.4 Å². The van der Waals surface area contributed by atoms with Gasteiger partial charge in [0.15, 0.2) is 0 Å². The van der Waals surface area contributed by atoms with Crippen LogP contribution in [0.4, 0.5) is 22.0 Å². The van der Waals surface area contributed by atoms with Crippen molar-refractivity contribution in [1.29, 1.82) is 0 Å². The molecule has 10 heteroatoms. The Morgan fingerprint density at radius 1 is 0.846 bits per heavy atom. The van der Waals surface area contributed by atoms with Crippen LogP contribution in [0.1, 0.15) is 31.8 Å². The topological polar surface area (TPSA) is 64.6 Å². The van der Waals surface area contributed by atoms with Crippen LogP contribution >= 0.6 is 0 Å². The minimum atomic E-state index is -4.56. The normalized spacial score (nSPS) is 11.1. The molecule has 200 valence electrons. The number of ether oxygens (including phenoxy) is 2. The van der Waals surface area contributed by atoms with Crippen molar-refractivity contribution in [3.05, 3.63) is 119 Å². The molecule has 0 heterocycles. The molecular weight excluding hydrogens is 521 g/mol. The molecule has 4 rings (SSSR count). The van der Waals surface area contributed by atoms with Crippen molar-refractivity contribution < 1.29 is 41.0 Å². The number of amides is 1. The number of benzene rings is 4. The molecule has 5 nitrogen and oxygen atoms in total. The first-order valence-electron chi connectivity index (χ1n) is 11.4. The zero-order valence-electron chi connectivity index (χ0n) is 20.3. The van der Waals surface area contributed by atoms with Gasteiger partial charge in [0.25, 0.3) is 5.91 Å². The van der Waals surface area contributed by atoms with Gasteiger partial charge in [-0.05, 0) is 71.8 Å². The molecule has 0 aliphatic carbocycles. The summed E-state index contributed by atoms with van der Waals surface area (Å²) in [5.41, 5.74) is -0.341. The number of rotatable bonds is 7. The minimum absolute atomic E-state index is 0.00570. The van der Waals surface area contributed by atoms with Gasteiger partial charge in [0.1, 0.15) is 23.1 Å². The SMILES string of the molecule is COC(=O)c1ccc(CNC(=O)c2cc(-c3cccc(C(F)(F)F)c3)ccc2Oc2ccc(F)cc2)c(F)c1. The Bertz CT molecular complexity index is 1520. The Balaban J connectivity index is 1.65. The van der Waals surface area contributed by atoms with Crippen molar-refractivity contribution in [3.63, 3.8) is 0 Å². The first-order valence-corrected chi connectivity index (χ1v) is 11.4. The summed E-state index contributed by atoms with van der Waals surface area (Å²) in [6, 6.07) is 17.5. The molecule has 0 aliphatic rings. The molecule has 0 saturated heterocycles. The van der Waals surface area contributed by atoms with E-state index in [1.165, 1.54) is 54.6 Å². The molecule has 4 aromatic carbocycles. The molecular formula is C29H20F5NO4. The highest BCUT2D eigenvalue weighted by Gasteiger charge is 2.30. The van der Waals surface area contributed by atoms with Crippen molar-refractivity contribution in [3.8, 4) is 22.6 Å². The Kier molecular flexibility index (Phi) is 7.94. The monoisotopic (exact) mass is 541 g/mol. The van der Waals surface area contributed by atoms with E-state index in [-0.39, 0.29) is 40.3 Å². The van der Waals surface area contributed by atoms with Crippen LogP contribution in [0.5, 0.6) is 11.5 Å². The molecule has 39 heavy (non-hydrogen) atoms. The third kappa shape index (κ3) is 6.59. The second-order valence-electron chi connectivity index (χ2n) is 8.33. The van der Waals surface area contributed by atoms with E-state index < -0.39 is 35.3 Å². The van der Waals surface area contributed by atoms with E-state index in [1.807, 2.05) is 0 Å². The van der Waals surface area contributed by atoms with Crippen LogP contribution in [0.25, 0.3) is 11.1 Å². The Morgan fingerprint density at radius 3 is 2.23 bits per heavy atom. The van der Waals surface area contributed by atoms with Gasteiger partial charge in [-0.3, -0.25) is 4.79 Å². The van der Waals surface area contributed by atoms with E-state index in [4.69, 9.17) is 4.74 Å². The van der Waals surface area contributed by atoms with Crippen molar-refractivity contribution in [1.82, 2.24) is 5.32 Å². The smallest absolute Gasteiger partial charge is 0.416 e. The number of halogens is 5. The van der Waals surface area contributed by atoms with E-state index in [0.29, 0.717) is 5.56 Å². The summed E-state index contributed by atoms with van der Waals surface area (Å²) in [5.74, 6) is -2.44. The van der Waals surface area contributed by atoms with Crippen LogP contribution in [0, 0.1) is 11.6 Å². The van der Waals surface area contributed by atoms with Gasteiger partial charge in [0, 0.05) is 12.1 Å². The van der Waals surface area contributed by atoms with Crippen LogP contribution in [0.15, 0.2) is 84.9 Å². The van der Waals surface area contributed by atoms with Crippen LogP contribution in [-0.4, -0.2) is 19.0 Å². The predicted molar refractivity (Wildman–Crippen MR) is 132 cm³/mol. The lowest BCUT2D eigenvalue weighted by molar-refractivity contribution is -0.137. The largest absolute Gasteiger partial charge is 0.465 e. The molecule has 0 atom stereocenters. The molecule has 0 saturated carbocycles. The molecule has 0 fully saturated rings. The first-order chi connectivity index (χ1) is 18.5. The fraction of sp³-hybridized carbons (Fsp3) is 0.103. The van der Waals surface area contributed by atoms with E-state index in [9.17, 15) is 31.5 Å². The summed E-state index contributed by atoms with van der Waals surface area (Å²) in [5, 5.41) is 2.55. The molecule has 0 unspecified atom stereocenters. The second kappa shape index (κ2) is 11.3. The molecule has 0 aromatic heterocycles. The molecule has 1 amide bonds. The van der Waals surface area contributed by atoms with Crippen LogP contribution in [0.2, 0.25) is 0 Å². The maximum atomic E-state index is 14.5. The van der Waals surface area contributed by atoms with E-state index in [2.05, 4.69) is 10.1 Å². The van der Waals surface area contributed by atoms with Gasteiger partial charge in [-0.25, -0.2) is 13.6 Å². The molecule has 4 aromatic rings. The highest BCUT2D eigenvalue weighted by atomic mass is 19.4. The van der Waals surface area contributed by atoms with E-state index >= 15 is 0 Å². The molecule has 0 radical (unpaired) electrons. The first kappa shape index (κ1) is 27.3. The third-order valence-electron chi connectivity index (χ3n) is 5.70. The zero-order valence-corrected chi connectivity index (χ0v) is 20.3. The number of hydrogen-bond donors (Lipinski definition) is 1. The molecule has 0 bridgehead atoms. The van der Waals surface area contributed by atoms with Gasteiger partial charge >= 0.3 is 12.1 Å². The van der Waals surface area contributed by atoms with Gasteiger partial charge in [-0.1, -0.05) is 24.3 Å². The molecule has 0 aliphatic heterocycles. The average molecular weight is 541 g/mol. The second-order valence-corrected chi connectivity index (χ2v) is 8.33. The third-order valence-corrected chi connectivity index (χ3v) is 5.70. The average Bonchev–Trinajstić information content (AvgIpc) is 2.92. The summed E-state index contributed by atoms with van der Waals surface area (Å²) in [7, 11) is 1.16. The lowest BCUT2D eigenvalue weighted by Crippen LogP contribution is -2.24. The molecule has 0 spiro atoms. The highest BCUT2D eigenvalue weighted by Crippen LogP contribution is 2.34. The van der Waals surface area contributed by atoms with Gasteiger partial charge in [-0.15, -0.1) is 0 Å². The lowest BCUT2D eigenvalue weighted by atomic mass is 10.00. The van der Waals surface area contributed by atoms with Crippen molar-refractivity contribution in [2.24, 2.45) is 0 Å². The van der Waals surface area contributed by atoms with Gasteiger partial charge in [0.05, 0.1) is 23.8 Å². The maximum absolute atomic E-state index is 14.5. The summed E-state index contributed by atoms with van der Waals surface area (Å²) in [4.78, 5) is 24.8. The summed E-state index contributed by atoms with van der Waals surface area (Å²) < 4.78 is 77.9. The van der Waals surface area contributed by atoms with Crippen molar-refractivity contribution in [2.75, 3.05) is 7.11 Å². The minimum Gasteiger partial charge on any atom is -0.465 e. The van der Waals surface area contributed by atoms with Crippen molar-refractivity contribution >= 4 is 11.9 Å². The van der Waals surface area contributed by atoms with Gasteiger partial charge < -0.3 is 14.8 Å². The zero-order chi connectivity index (χ0) is 28.2. The number of carbonyl (C=O) groups excluding carboxylic acids is 2. The number of hydrogen-bond acceptors (Lipinski definition) is 4. The summed E-state index contributed by atoms with van der Waals surface area (Å²) >= 11 is 0. The molecule has 1 N–H and O–H groups in total. The summed E-state index contributed by atoms with van der Waals surface area (Å²) in [6.07, 6.45) is -4.56. The number of carbonyl (C=O) groups is 2. The Hall–Kier alpha value is -4.73. The summed E-state index contributed by atoms with van der Waals surface area (Å²) in [6.45, 7) is -0.268. The van der Waals surface area contributed by atoms with Crippen molar-refractivity contribution in [2.45, 2.75) is 12.7 Å². The predicted octanol–water partition coefficient (Wildman–Crippen LogP) is 7.16. The standard InChI is InChI=1S/C29H20F5NO4/c1-38-28(37)19-5-6-20(25(31)15-19)16-35-27(36)24-14-18(17-3-2-4-21(13-17)29(32,33)34)7-12-26(24)39-23-10-8-22(30)9-11-23/h2-15H,16H2,1H3,(H,35,36). The van der Waals surface area contributed by atoms with Crippen LogP contribution in [-0.2, 0) is 17.5 Å². The Morgan fingerprint density at radius 2 is 1.56 bits per heavy atom. The number of nitrogens with one attached hydrogen (secondary N) is 1. The Labute approximate surface area is 219 Å². The number of esters is 1. The quantitative estimate of drug-likeness (QED) is 0.199.